The highest BCUT2D eigenvalue weighted by Crippen LogP contribution is 2.50. The van der Waals surface area contributed by atoms with Crippen LogP contribution in [0.1, 0.15) is 25.0 Å². The summed E-state index contributed by atoms with van der Waals surface area (Å²) in [6.07, 6.45) is 1.74. The maximum Gasteiger partial charge on any atom is 0.354 e. The zero-order valence-electron chi connectivity index (χ0n) is 14.1. The average molecular weight is 346 g/mol. The fraction of sp³-hybridized carbons (Fsp3) is 0.263. The van der Waals surface area contributed by atoms with Crippen molar-refractivity contribution in [2.45, 2.75) is 20.5 Å². The Hall–Kier alpha value is -1.87. The van der Waals surface area contributed by atoms with Crippen LogP contribution in [0.2, 0.25) is 0 Å². The summed E-state index contributed by atoms with van der Waals surface area (Å²) in [5.74, 6) is 2.29. The number of benzene rings is 2. The Labute approximate surface area is 143 Å². The van der Waals surface area contributed by atoms with Crippen LogP contribution in [0.15, 0.2) is 60.4 Å². The van der Waals surface area contributed by atoms with Gasteiger partial charge in [0.2, 0.25) is 0 Å². The first-order valence-electron chi connectivity index (χ1n) is 8.00. The van der Waals surface area contributed by atoms with Gasteiger partial charge in [0.15, 0.2) is 0 Å². The molecule has 0 aromatic heterocycles. The highest BCUT2D eigenvalue weighted by Gasteiger charge is 2.18. The summed E-state index contributed by atoms with van der Waals surface area (Å²) in [6, 6.07) is 17.6. The summed E-state index contributed by atoms with van der Waals surface area (Å²) >= 11 is 0. The van der Waals surface area contributed by atoms with Crippen LogP contribution in [0.25, 0.3) is 6.08 Å². The molecule has 0 bridgehead atoms. The first-order valence-corrected chi connectivity index (χ1v) is 9.61. The van der Waals surface area contributed by atoms with Crippen molar-refractivity contribution in [3.63, 3.8) is 0 Å². The zero-order chi connectivity index (χ0) is 17.3. The highest BCUT2D eigenvalue weighted by molar-refractivity contribution is 7.57. The van der Waals surface area contributed by atoms with Gasteiger partial charge < -0.3 is 13.8 Å². The van der Waals surface area contributed by atoms with E-state index in [1.54, 1.807) is 19.9 Å². The van der Waals surface area contributed by atoms with Crippen LogP contribution in [0.4, 0.5) is 0 Å². The van der Waals surface area contributed by atoms with Crippen LogP contribution in [-0.2, 0) is 20.2 Å². The van der Waals surface area contributed by atoms with Gasteiger partial charge >= 0.3 is 7.60 Å². The van der Waals surface area contributed by atoms with E-state index >= 15 is 0 Å². The van der Waals surface area contributed by atoms with Crippen molar-refractivity contribution < 1.29 is 18.3 Å². The molecule has 0 N–H and O–H groups in total. The SMILES string of the molecule is CCOP(=O)(C=Cc1ccc(OCc2ccccc2)cc1)OCC. The van der Waals surface area contributed by atoms with Gasteiger partial charge in [-0.3, -0.25) is 4.57 Å². The normalized spacial score (nSPS) is 11.8. The lowest BCUT2D eigenvalue weighted by Gasteiger charge is -2.12. The molecule has 0 atom stereocenters. The minimum atomic E-state index is -3.16. The van der Waals surface area contributed by atoms with Crippen molar-refractivity contribution in [3.05, 3.63) is 71.5 Å². The van der Waals surface area contributed by atoms with E-state index in [-0.39, 0.29) is 0 Å². The van der Waals surface area contributed by atoms with Crippen LogP contribution in [0, 0.1) is 0 Å². The monoisotopic (exact) mass is 346 g/mol. The topological polar surface area (TPSA) is 44.8 Å². The summed E-state index contributed by atoms with van der Waals surface area (Å²) in [5, 5.41) is 0. The summed E-state index contributed by atoms with van der Waals surface area (Å²) < 4.78 is 28.5. The third kappa shape index (κ3) is 5.97. The molecule has 0 spiro atoms. The van der Waals surface area contributed by atoms with Crippen molar-refractivity contribution in [2.24, 2.45) is 0 Å². The number of hydrogen-bond donors (Lipinski definition) is 0. The molecule has 0 saturated carbocycles. The first-order chi connectivity index (χ1) is 11.6. The summed E-state index contributed by atoms with van der Waals surface area (Å²) in [6.45, 7) is 4.79. The van der Waals surface area contributed by atoms with Crippen molar-refractivity contribution in [1.29, 1.82) is 0 Å². The van der Waals surface area contributed by atoms with E-state index < -0.39 is 7.60 Å². The zero-order valence-corrected chi connectivity index (χ0v) is 14.9. The number of ether oxygens (including phenoxy) is 1. The van der Waals surface area contributed by atoms with Gasteiger partial charge in [-0.05, 0) is 43.2 Å². The lowest BCUT2D eigenvalue weighted by molar-refractivity contribution is 0.229. The maximum atomic E-state index is 12.4. The Morgan fingerprint density at radius 2 is 1.54 bits per heavy atom. The van der Waals surface area contributed by atoms with Crippen LogP contribution < -0.4 is 4.74 Å². The van der Waals surface area contributed by atoms with Crippen molar-refractivity contribution in [1.82, 2.24) is 0 Å². The predicted octanol–water partition coefficient (Wildman–Crippen LogP) is 5.50. The fourth-order valence-electron chi connectivity index (χ4n) is 2.08. The molecular weight excluding hydrogens is 323 g/mol. The van der Waals surface area contributed by atoms with E-state index in [0.717, 1.165) is 16.9 Å². The molecule has 0 aliphatic carbocycles. The van der Waals surface area contributed by atoms with Gasteiger partial charge in [0.25, 0.3) is 0 Å². The van der Waals surface area contributed by atoms with Gasteiger partial charge in [-0.2, -0.15) is 0 Å². The van der Waals surface area contributed by atoms with E-state index in [1.807, 2.05) is 54.6 Å². The molecule has 0 amide bonds. The van der Waals surface area contributed by atoms with E-state index in [4.69, 9.17) is 13.8 Å². The third-order valence-corrected chi connectivity index (χ3v) is 4.95. The Morgan fingerprint density at radius 3 is 2.12 bits per heavy atom. The molecule has 24 heavy (non-hydrogen) atoms. The molecule has 0 aliphatic heterocycles. The smallest absolute Gasteiger partial charge is 0.354 e. The molecule has 0 saturated heterocycles. The molecule has 0 heterocycles. The van der Waals surface area contributed by atoms with Gasteiger partial charge in [0, 0.05) is 5.82 Å². The molecule has 2 rings (SSSR count). The lowest BCUT2D eigenvalue weighted by Crippen LogP contribution is -1.94. The molecule has 2 aromatic rings. The van der Waals surface area contributed by atoms with Gasteiger partial charge in [-0.25, -0.2) is 0 Å². The van der Waals surface area contributed by atoms with Crippen molar-refractivity contribution in [2.75, 3.05) is 13.2 Å². The maximum absolute atomic E-state index is 12.4. The van der Waals surface area contributed by atoms with Crippen LogP contribution in [0.5, 0.6) is 5.75 Å². The first kappa shape index (κ1) is 18.5. The Bertz CT molecular complexity index is 670. The fourth-order valence-corrected chi connectivity index (χ4v) is 3.40. The molecular formula is C19H23O4P. The third-order valence-electron chi connectivity index (χ3n) is 3.20. The lowest BCUT2D eigenvalue weighted by atomic mass is 10.2. The second-order valence-corrected chi connectivity index (χ2v) is 6.93. The summed E-state index contributed by atoms with van der Waals surface area (Å²) in [4.78, 5) is 0. The van der Waals surface area contributed by atoms with E-state index in [1.165, 1.54) is 5.82 Å². The van der Waals surface area contributed by atoms with Gasteiger partial charge in [-0.1, -0.05) is 42.5 Å². The molecule has 0 aliphatic rings. The second kappa shape index (κ2) is 9.43. The van der Waals surface area contributed by atoms with Crippen molar-refractivity contribution in [3.8, 4) is 5.75 Å². The van der Waals surface area contributed by atoms with Crippen LogP contribution in [0.3, 0.4) is 0 Å². The largest absolute Gasteiger partial charge is 0.489 e. The molecule has 5 heteroatoms. The van der Waals surface area contributed by atoms with E-state index in [9.17, 15) is 4.57 Å². The molecule has 0 radical (unpaired) electrons. The predicted molar refractivity (Wildman–Crippen MR) is 97.1 cm³/mol. The minimum absolute atomic E-state index is 0.341. The molecule has 4 nitrogen and oxygen atoms in total. The number of hydrogen-bond acceptors (Lipinski definition) is 4. The van der Waals surface area contributed by atoms with Gasteiger partial charge in [-0.15, -0.1) is 0 Å². The Morgan fingerprint density at radius 1 is 0.917 bits per heavy atom. The molecule has 2 aromatic carbocycles. The van der Waals surface area contributed by atoms with Gasteiger partial charge in [0.1, 0.15) is 12.4 Å². The molecule has 0 unspecified atom stereocenters. The van der Waals surface area contributed by atoms with Gasteiger partial charge in [0.05, 0.1) is 13.2 Å². The van der Waals surface area contributed by atoms with E-state index in [0.29, 0.717) is 19.8 Å². The minimum Gasteiger partial charge on any atom is -0.489 e. The molecule has 0 fully saturated rings. The van der Waals surface area contributed by atoms with Crippen molar-refractivity contribution >= 4 is 13.7 Å². The second-order valence-electron chi connectivity index (χ2n) is 5.03. The quantitative estimate of drug-likeness (QED) is 0.562. The summed E-state index contributed by atoms with van der Waals surface area (Å²) in [5.41, 5.74) is 2.03. The summed E-state index contributed by atoms with van der Waals surface area (Å²) in [7, 11) is -3.16. The average Bonchev–Trinajstić information content (AvgIpc) is 2.60. The Balaban J connectivity index is 1.96. The highest BCUT2D eigenvalue weighted by atomic mass is 31.2. The molecule has 128 valence electrons. The van der Waals surface area contributed by atoms with Crippen LogP contribution >= 0.6 is 7.60 Å². The Kier molecular flexibility index (Phi) is 7.26. The standard InChI is InChI=1S/C19H23O4P/c1-3-22-24(20,23-4-2)15-14-17-10-12-19(13-11-17)21-16-18-8-6-5-7-9-18/h5-15H,3-4,16H2,1-2H3. The van der Waals surface area contributed by atoms with Crippen LogP contribution in [-0.4, -0.2) is 13.2 Å². The number of rotatable bonds is 9. The van der Waals surface area contributed by atoms with E-state index in [2.05, 4.69) is 0 Å².